The smallest absolute Gasteiger partial charge is 0.367 e. The maximum atomic E-state index is 13.2. The first-order valence-electron chi connectivity index (χ1n) is 10.0. The highest BCUT2D eigenvalue weighted by atomic mass is 19.4. The van der Waals surface area contributed by atoms with Crippen LogP contribution in [-0.2, 0) is 28.4 Å². The maximum absolute atomic E-state index is 13.2. The summed E-state index contributed by atoms with van der Waals surface area (Å²) in [5.41, 5.74) is -3.13. The minimum absolute atomic E-state index is 0.0563. The fourth-order valence-electron chi connectivity index (χ4n) is 3.64. The second kappa shape index (κ2) is 9.14. The summed E-state index contributed by atoms with van der Waals surface area (Å²) in [6.45, 7) is -0.184. The first-order chi connectivity index (χ1) is 16.0. The normalized spacial score (nSPS) is 19.4. The van der Waals surface area contributed by atoms with Crippen molar-refractivity contribution in [3.8, 4) is 0 Å². The van der Waals surface area contributed by atoms with Crippen LogP contribution in [0.2, 0.25) is 0 Å². The van der Waals surface area contributed by atoms with Gasteiger partial charge in [0.05, 0.1) is 24.3 Å². The summed E-state index contributed by atoms with van der Waals surface area (Å²) in [6.07, 6.45) is -11.7. The average molecular weight is 488 g/mol. The molecule has 0 spiro atoms. The SMILES string of the molecule is O=c1[nH]nc(N2CCOC(c3ccccc3)C2OCc2cc(C(F)(F)F)cc(C(F)(F)F)c2)[nH]1. The highest BCUT2D eigenvalue weighted by molar-refractivity contribution is 5.35. The van der Waals surface area contributed by atoms with Gasteiger partial charge in [-0.25, -0.2) is 9.89 Å². The van der Waals surface area contributed by atoms with Crippen molar-refractivity contribution in [2.24, 2.45) is 0 Å². The zero-order valence-electron chi connectivity index (χ0n) is 17.3. The number of aromatic nitrogens is 3. The Bertz CT molecular complexity index is 1140. The van der Waals surface area contributed by atoms with Crippen LogP contribution in [0.15, 0.2) is 53.3 Å². The van der Waals surface area contributed by atoms with Gasteiger partial charge in [0, 0.05) is 6.54 Å². The van der Waals surface area contributed by atoms with Crippen molar-refractivity contribution >= 4 is 5.95 Å². The predicted octanol–water partition coefficient (Wildman–Crippen LogP) is 4.26. The molecule has 2 aromatic carbocycles. The van der Waals surface area contributed by atoms with E-state index in [2.05, 4.69) is 15.2 Å². The molecular weight excluding hydrogens is 470 g/mol. The van der Waals surface area contributed by atoms with E-state index in [1.165, 1.54) is 4.90 Å². The highest BCUT2D eigenvalue weighted by Crippen LogP contribution is 2.37. The second-order valence-corrected chi connectivity index (χ2v) is 7.51. The van der Waals surface area contributed by atoms with Crippen LogP contribution in [0.1, 0.15) is 28.4 Å². The van der Waals surface area contributed by atoms with Gasteiger partial charge in [-0.2, -0.15) is 26.3 Å². The molecule has 0 radical (unpaired) electrons. The number of alkyl halides is 6. The number of ether oxygens (including phenoxy) is 2. The molecule has 34 heavy (non-hydrogen) atoms. The summed E-state index contributed by atoms with van der Waals surface area (Å²) < 4.78 is 91.0. The van der Waals surface area contributed by atoms with Crippen LogP contribution in [-0.4, -0.2) is 34.6 Å². The van der Waals surface area contributed by atoms with E-state index in [9.17, 15) is 31.1 Å². The summed E-state index contributed by atoms with van der Waals surface area (Å²) >= 11 is 0. The number of hydrogen-bond acceptors (Lipinski definition) is 5. The molecule has 182 valence electrons. The number of H-pyrrole nitrogens is 2. The number of benzene rings is 2. The van der Waals surface area contributed by atoms with Crippen molar-refractivity contribution < 1.29 is 35.8 Å². The molecule has 0 aliphatic carbocycles. The molecule has 1 aromatic heterocycles. The molecule has 7 nitrogen and oxygen atoms in total. The quantitative estimate of drug-likeness (QED) is 0.525. The molecule has 1 aliphatic heterocycles. The van der Waals surface area contributed by atoms with E-state index in [-0.39, 0.29) is 30.7 Å². The van der Waals surface area contributed by atoms with Gasteiger partial charge in [0.25, 0.3) is 0 Å². The molecule has 1 fully saturated rings. The van der Waals surface area contributed by atoms with Gasteiger partial charge in [0.2, 0.25) is 5.95 Å². The minimum Gasteiger partial charge on any atom is -0.367 e. The van der Waals surface area contributed by atoms with E-state index in [0.29, 0.717) is 17.7 Å². The molecule has 4 rings (SSSR count). The lowest BCUT2D eigenvalue weighted by atomic mass is 10.0. The molecule has 2 N–H and O–H groups in total. The molecule has 2 unspecified atom stereocenters. The Morgan fingerprint density at radius 1 is 1.03 bits per heavy atom. The fraction of sp³-hybridized carbons (Fsp3) is 0.333. The van der Waals surface area contributed by atoms with Crippen LogP contribution < -0.4 is 10.6 Å². The van der Waals surface area contributed by atoms with Crippen LogP contribution in [0.3, 0.4) is 0 Å². The second-order valence-electron chi connectivity index (χ2n) is 7.51. The molecule has 1 aliphatic rings. The molecule has 2 atom stereocenters. The number of halogens is 6. The zero-order chi connectivity index (χ0) is 24.5. The van der Waals surface area contributed by atoms with Gasteiger partial charge in [-0.15, -0.1) is 5.10 Å². The molecule has 3 aromatic rings. The number of aromatic amines is 2. The van der Waals surface area contributed by atoms with Crippen LogP contribution in [0.25, 0.3) is 0 Å². The fourth-order valence-corrected chi connectivity index (χ4v) is 3.64. The molecule has 2 heterocycles. The lowest BCUT2D eigenvalue weighted by molar-refractivity contribution is -0.143. The van der Waals surface area contributed by atoms with Crippen LogP contribution >= 0.6 is 0 Å². The van der Waals surface area contributed by atoms with E-state index in [1.807, 2.05) is 0 Å². The van der Waals surface area contributed by atoms with Gasteiger partial charge < -0.3 is 14.4 Å². The zero-order valence-corrected chi connectivity index (χ0v) is 17.3. The predicted molar refractivity (Wildman–Crippen MR) is 107 cm³/mol. The lowest BCUT2D eigenvalue weighted by Crippen LogP contribution is -2.49. The first kappa shape index (κ1) is 23.8. The number of nitrogens with zero attached hydrogens (tertiary/aromatic N) is 2. The Balaban J connectivity index is 1.67. The van der Waals surface area contributed by atoms with Crippen LogP contribution in [0.4, 0.5) is 32.3 Å². The van der Waals surface area contributed by atoms with E-state index in [0.717, 1.165) is 0 Å². The van der Waals surface area contributed by atoms with Crippen molar-refractivity contribution in [3.63, 3.8) is 0 Å². The number of morpholine rings is 1. The van der Waals surface area contributed by atoms with Gasteiger partial charge >= 0.3 is 18.0 Å². The third-order valence-corrected chi connectivity index (χ3v) is 5.15. The van der Waals surface area contributed by atoms with Crippen molar-refractivity contribution in [2.75, 3.05) is 18.1 Å². The average Bonchev–Trinajstić information content (AvgIpc) is 3.22. The number of nitrogens with one attached hydrogen (secondary N) is 2. The molecule has 0 amide bonds. The lowest BCUT2D eigenvalue weighted by Gasteiger charge is -2.40. The van der Waals surface area contributed by atoms with Gasteiger partial charge in [0.1, 0.15) is 6.10 Å². The van der Waals surface area contributed by atoms with Gasteiger partial charge in [0.15, 0.2) is 6.23 Å². The molecular formula is C21H18F6N4O3. The summed E-state index contributed by atoms with van der Waals surface area (Å²) in [4.78, 5) is 15.5. The standard InChI is InChI=1S/C21H18F6N4O3/c22-20(23,24)14-8-12(9-15(10-14)21(25,26)27)11-34-17-16(13-4-2-1-3-5-13)33-7-6-31(17)18-28-19(32)30-29-18/h1-5,8-10,16-17H,6-7,11H2,(H2,28,29,30,32). The van der Waals surface area contributed by atoms with E-state index in [4.69, 9.17) is 9.47 Å². The topological polar surface area (TPSA) is 83.2 Å². The van der Waals surface area contributed by atoms with E-state index >= 15 is 0 Å². The van der Waals surface area contributed by atoms with Crippen molar-refractivity contribution in [3.05, 3.63) is 81.3 Å². The Morgan fingerprint density at radius 2 is 1.68 bits per heavy atom. The summed E-state index contributed by atoms with van der Waals surface area (Å²) in [5.74, 6) is 0.0965. The summed E-state index contributed by atoms with van der Waals surface area (Å²) in [5, 5.41) is 6.08. The van der Waals surface area contributed by atoms with Gasteiger partial charge in [-0.3, -0.25) is 4.98 Å². The Hall–Kier alpha value is -3.32. The van der Waals surface area contributed by atoms with Crippen LogP contribution in [0, 0.1) is 0 Å². The van der Waals surface area contributed by atoms with Crippen molar-refractivity contribution in [2.45, 2.75) is 31.3 Å². The highest BCUT2D eigenvalue weighted by Gasteiger charge is 2.38. The largest absolute Gasteiger partial charge is 0.416 e. The monoisotopic (exact) mass is 488 g/mol. The van der Waals surface area contributed by atoms with Gasteiger partial charge in [-0.1, -0.05) is 30.3 Å². The third-order valence-electron chi connectivity index (χ3n) is 5.15. The van der Waals surface area contributed by atoms with E-state index < -0.39 is 48.1 Å². The Labute approximate surface area is 188 Å². The number of rotatable bonds is 5. The Kier molecular flexibility index (Phi) is 6.41. The number of anilines is 1. The van der Waals surface area contributed by atoms with Gasteiger partial charge in [-0.05, 0) is 29.3 Å². The molecule has 0 bridgehead atoms. The summed E-state index contributed by atoms with van der Waals surface area (Å²) in [7, 11) is 0. The molecule has 13 heteroatoms. The first-order valence-corrected chi connectivity index (χ1v) is 10.0. The van der Waals surface area contributed by atoms with Crippen LogP contribution in [0.5, 0.6) is 0 Å². The van der Waals surface area contributed by atoms with Crippen molar-refractivity contribution in [1.82, 2.24) is 15.2 Å². The third kappa shape index (κ3) is 5.25. The van der Waals surface area contributed by atoms with Crippen molar-refractivity contribution in [1.29, 1.82) is 0 Å². The van der Waals surface area contributed by atoms with E-state index in [1.54, 1.807) is 30.3 Å². The Morgan fingerprint density at radius 3 is 2.24 bits per heavy atom. The number of hydrogen-bond donors (Lipinski definition) is 2. The minimum atomic E-state index is -4.98. The molecule has 1 saturated heterocycles. The maximum Gasteiger partial charge on any atom is 0.416 e. The molecule has 0 saturated carbocycles. The summed E-state index contributed by atoms with van der Waals surface area (Å²) in [6, 6.07) is 10.0.